The van der Waals surface area contributed by atoms with Crippen LogP contribution in [0.5, 0.6) is 11.5 Å². The van der Waals surface area contributed by atoms with Crippen molar-refractivity contribution in [2.45, 2.75) is 6.54 Å². The molecule has 0 aromatic heterocycles. The number of carboxylic acids is 1. The lowest BCUT2D eigenvalue weighted by atomic mass is 10.1. The van der Waals surface area contributed by atoms with Crippen molar-refractivity contribution in [1.82, 2.24) is 0 Å². The SMILES string of the molecule is O=C(O)c1ccc(CNc2ccc3c(c2)OCCO3)cc1. The average Bonchev–Trinajstić information content (AvgIpc) is 2.53. The number of benzene rings is 2. The number of anilines is 1. The summed E-state index contributed by atoms with van der Waals surface area (Å²) in [5.41, 5.74) is 2.23. The van der Waals surface area contributed by atoms with E-state index in [1.165, 1.54) is 0 Å². The lowest BCUT2D eigenvalue weighted by Gasteiger charge is -2.19. The van der Waals surface area contributed by atoms with Gasteiger partial charge in [0.2, 0.25) is 0 Å². The molecule has 108 valence electrons. The van der Waals surface area contributed by atoms with Gasteiger partial charge in [0.15, 0.2) is 11.5 Å². The molecule has 0 aliphatic carbocycles. The van der Waals surface area contributed by atoms with E-state index >= 15 is 0 Å². The number of ether oxygens (including phenoxy) is 2. The van der Waals surface area contributed by atoms with Crippen molar-refractivity contribution < 1.29 is 19.4 Å². The van der Waals surface area contributed by atoms with Crippen LogP contribution in [0.25, 0.3) is 0 Å². The smallest absolute Gasteiger partial charge is 0.335 e. The molecule has 0 saturated carbocycles. The quantitative estimate of drug-likeness (QED) is 0.904. The summed E-state index contributed by atoms with van der Waals surface area (Å²) in [5, 5.41) is 12.1. The third kappa shape index (κ3) is 3.08. The summed E-state index contributed by atoms with van der Waals surface area (Å²) >= 11 is 0. The first-order valence-electron chi connectivity index (χ1n) is 6.68. The highest BCUT2D eigenvalue weighted by atomic mass is 16.6. The van der Waals surface area contributed by atoms with Gasteiger partial charge in [-0.2, -0.15) is 0 Å². The fourth-order valence-electron chi connectivity index (χ4n) is 2.12. The fourth-order valence-corrected chi connectivity index (χ4v) is 2.12. The van der Waals surface area contributed by atoms with E-state index in [1.54, 1.807) is 24.3 Å². The van der Waals surface area contributed by atoms with E-state index in [9.17, 15) is 4.79 Å². The minimum absolute atomic E-state index is 0.290. The van der Waals surface area contributed by atoms with Gasteiger partial charge in [-0.25, -0.2) is 4.79 Å². The summed E-state index contributed by atoms with van der Waals surface area (Å²) in [6, 6.07) is 12.5. The number of carbonyl (C=O) groups is 1. The summed E-state index contributed by atoms with van der Waals surface area (Å²) in [6.07, 6.45) is 0. The highest BCUT2D eigenvalue weighted by Gasteiger charge is 2.11. The molecule has 5 heteroatoms. The van der Waals surface area contributed by atoms with Crippen LogP contribution in [-0.2, 0) is 6.54 Å². The molecule has 5 nitrogen and oxygen atoms in total. The molecule has 21 heavy (non-hydrogen) atoms. The monoisotopic (exact) mass is 285 g/mol. The molecule has 3 rings (SSSR count). The molecule has 0 atom stereocenters. The first kappa shape index (κ1) is 13.3. The molecule has 0 saturated heterocycles. The zero-order chi connectivity index (χ0) is 14.7. The Kier molecular flexibility index (Phi) is 3.64. The fraction of sp³-hybridized carbons (Fsp3) is 0.188. The Balaban J connectivity index is 1.65. The number of rotatable bonds is 4. The van der Waals surface area contributed by atoms with Crippen LogP contribution in [0.4, 0.5) is 5.69 Å². The Morgan fingerprint density at radius 1 is 1.05 bits per heavy atom. The van der Waals surface area contributed by atoms with Crippen molar-refractivity contribution in [3.05, 3.63) is 53.6 Å². The number of hydrogen-bond acceptors (Lipinski definition) is 4. The molecule has 2 aromatic carbocycles. The zero-order valence-electron chi connectivity index (χ0n) is 11.3. The molecule has 0 fully saturated rings. The van der Waals surface area contributed by atoms with Crippen LogP contribution in [0.2, 0.25) is 0 Å². The maximum absolute atomic E-state index is 10.8. The second kappa shape index (κ2) is 5.75. The van der Waals surface area contributed by atoms with Crippen LogP contribution < -0.4 is 14.8 Å². The van der Waals surface area contributed by atoms with E-state index < -0.39 is 5.97 Å². The van der Waals surface area contributed by atoms with E-state index in [4.69, 9.17) is 14.6 Å². The summed E-state index contributed by atoms with van der Waals surface area (Å²) in [6.45, 7) is 1.75. The Morgan fingerprint density at radius 2 is 1.76 bits per heavy atom. The van der Waals surface area contributed by atoms with Gasteiger partial charge in [0.1, 0.15) is 13.2 Å². The molecule has 0 unspecified atom stereocenters. The minimum Gasteiger partial charge on any atom is -0.486 e. The topological polar surface area (TPSA) is 67.8 Å². The Morgan fingerprint density at radius 3 is 2.48 bits per heavy atom. The predicted octanol–water partition coefficient (Wildman–Crippen LogP) is 2.77. The van der Waals surface area contributed by atoms with E-state index in [-0.39, 0.29) is 5.56 Å². The van der Waals surface area contributed by atoms with Gasteiger partial charge in [-0.1, -0.05) is 12.1 Å². The van der Waals surface area contributed by atoms with Crippen molar-refractivity contribution in [3.63, 3.8) is 0 Å². The van der Waals surface area contributed by atoms with Crippen molar-refractivity contribution >= 4 is 11.7 Å². The van der Waals surface area contributed by atoms with Crippen molar-refractivity contribution in [3.8, 4) is 11.5 Å². The van der Waals surface area contributed by atoms with Gasteiger partial charge >= 0.3 is 5.97 Å². The van der Waals surface area contributed by atoms with Crippen LogP contribution in [0.3, 0.4) is 0 Å². The first-order valence-corrected chi connectivity index (χ1v) is 6.68. The van der Waals surface area contributed by atoms with Crippen LogP contribution >= 0.6 is 0 Å². The molecule has 0 spiro atoms. The van der Waals surface area contributed by atoms with Gasteiger partial charge in [-0.15, -0.1) is 0 Å². The maximum atomic E-state index is 10.8. The van der Waals surface area contributed by atoms with Crippen LogP contribution in [0.1, 0.15) is 15.9 Å². The first-order chi connectivity index (χ1) is 10.2. The molecule has 0 bridgehead atoms. The van der Waals surface area contributed by atoms with Gasteiger partial charge in [0.05, 0.1) is 5.56 Å². The van der Waals surface area contributed by atoms with E-state index in [2.05, 4.69) is 5.32 Å². The van der Waals surface area contributed by atoms with Gasteiger partial charge < -0.3 is 19.9 Å². The number of carboxylic acid groups (broad SMARTS) is 1. The molecule has 2 aromatic rings. The number of fused-ring (bicyclic) bond motifs is 1. The van der Waals surface area contributed by atoms with Gasteiger partial charge in [-0.05, 0) is 29.8 Å². The molecule has 1 heterocycles. The second-order valence-electron chi connectivity index (χ2n) is 4.71. The van der Waals surface area contributed by atoms with E-state index in [0.29, 0.717) is 19.8 Å². The Bertz CT molecular complexity index is 652. The third-order valence-corrected chi connectivity index (χ3v) is 3.24. The van der Waals surface area contributed by atoms with Crippen LogP contribution in [0, 0.1) is 0 Å². The molecule has 1 aliphatic heterocycles. The van der Waals surface area contributed by atoms with E-state index in [1.807, 2.05) is 18.2 Å². The highest BCUT2D eigenvalue weighted by molar-refractivity contribution is 5.87. The maximum Gasteiger partial charge on any atom is 0.335 e. The van der Waals surface area contributed by atoms with Gasteiger partial charge in [-0.3, -0.25) is 0 Å². The molecule has 0 radical (unpaired) electrons. The predicted molar refractivity (Wildman–Crippen MR) is 78.2 cm³/mol. The Labute approximate surface area is 122 Å². The molecule has 0 amide bonds. The van der Waals surface area contributed by atoms with Crippen LogP contribution in [-0.4, -0.2) is 24.3 Å². The normalized spacial score (nSPS) is 12.8. The van der Waals surface area contributed by atoms with Crippen LogP contribution in [0.15, 0.2) is 42.5 Å². The third-order valence-electron chi connectivity index (χ3n) is 3.24. The summed E-state index contributed by atoms with van der Waals surface area (Å²) in [5.74, 6) is 0.589. The number of hydrogen-bond donors (Lipinski definition) is 2. The molecular formula is C16H15NO4. The van der Waals surface area contributed by atoms with Gasteiger partial charge in [0, 0.05) is 18.3 Å². The second-order valence-corrected chi connectivity index (χ2v) is 4.71. The average molecular weight is 285 g/mol. The van der Waals surface area contributed by atoms with E-state index in [0.717, 1.165) is 22.7 Å². The summed E-state index contributed by atoms with van der Waals surface area (Å²) in [7, 11) is 0. The lowest BCUT2D eigenvalue weighted by Crippen LogP contribution is -2.15. The standard InChI is InChI=1S/C16H15NO4/c18-16(19)12-3-1-11(2-4-12)10-17-13-5-6-14-15(9-13)21-8-7-20-14/h1-6,9,17H,7-8,10H2,(H,18,19). The molecule has 1 aliphatic rings. The van der Waals surface area contributed by atoms with Crippen molar-refractivity contribution in [2.75, 3.05) is 18.5 Å². The van der Waals surface area contributed by atoms with Crippen molar-refractivity contribution in [1.29, 1.82) is 0 Å². The summed E-state index contributed by atoms with van der Waals surface area (Å²) < 4.78 is 11.0. The summed E-state index contributed by atoms with van der Waals surface area (Å²) in [4.78, 5) is 10.8. The van der Waals surface area contributed by atoms with Gasteiger partial charge in [0.25, 0.3) is 0 Å². The molecule has 2 N–H and O–H groups in total. The lowest BCUT2D eigenvalue weighted by molar-refractivity contribution is 0.0697. The minimum atomic E-state index is -0.915. The molecular weight excluding hydrogens is 270 g/mol. The number of aromatic carboxylic acids is 1. The Hall–Kier alpha value is -2.69. The highest BCUT2D eigenvalue weighted by Crippen LogP contribution is 2.32. The largest absolute Gasteiger partial charge is 0.486 e. The number of nitrogens with one attached hydrogen (secondary N) is 1. The zero-order valence-corrected chi connectivity index (χ0v) is 11.3. The van der Waals surface area contributed by atoms with Crippen molar-refractivity contribution in [2.24, 2.45) is 0 Å².